The van der Waals surface area contributed by atoms with Gasteiger partial charge in [-0.3, -0.25) is 9.68 Å². The summed E-state index contributed by atoms with van der Waals surface area (Å²) >= 11 is 0. The zero-order chi connectivity index (χ0) is 7.11. The van der Waals surface area contributed by atoms with Gasteiger partial charge in [0.15, 0.2) is 0 Å². The summed E-state index contributed by atoms with van der Waals surface area (Å²) in [6.07, 6.45) is 0.135. The molecule has 0 saturated carbocycles. The van der Waals surface area contributed by atoms with Crippen molar-refractivity contribution in [3.63, 3.8) is 0 Å². The first-order valence-corrected chi connectivity index (χ1v) is 2.71. The molecule has 0 bridgehead atoms. The summed E-state index contributed by atoms with van der Waals surface area (Å²) in [6.45, 7) is 3.81. The molecule has 0 amide bonds. The maximum absolute atomic E-state index is 4.84. The van der Waals surface area contributed by atoms with E-state index in [-0.39, 0.29) is 6.10 Å². The largest absolute Gasteiger partial charge is 0.289 e. The van der Waals surface area contributed by atoms with Crippen LogP contribution >= 0.6 is 0 Å². The Labute approximate surface area is 54.6 Å². The lowest BCUT2D eigenvalue weighted by molar-refractivity contribution is -0.0816. The zero-order valence-electron chi connectivity index (χ0n) is 5.89. The normalized spacial score (nSPS) is 10.7. The highest BCUT2D eigenvalue weighted by Gasteiger charge is 1.88. The molecule has 9 heavy (non-hydrogen) atoms. The van der Waals surface area contributed by atoms with Gasteiger partial charge in [-0.2, -0.15) is 0 Å². The van der Waals surface area contributed by atoms with Gasteiger partial charge in [0.05, 0.1) is 13.2 Å². The molecule has 3 N–H and O–H groups in total. The van der Waals surface area contributed by atoms with Crippen LogP contribution in [-0.2, 0) is 9.68 Å². The van der Waals surface area contributed by atoms with Gasteiger partial charge in [0.1, 0.15) is 0 Å². The Morgan fingerprint density at radius 2 is 1.89 bits per heavy atom. The van der Waals surface area contributed by atoms with Crippen molar-refractivity contribution < 1.29 is 9.68 Å². The quantitative estimate of drug-likeness (QED) is 0.350. The number of hydrazine groups is 2. The third-order valence-electron chi connectivity index (χ3n) is 0.499. The van der Waals surface area contributed by atoms with Crippen LogP contribution < -0.4 is 16.7 Å². The third-order valence-corrected chi connectivity index (χ3v) is 0.499. The lowest BCUT2D eigenvalue weighted by Gasteiger charge is -2.08. The van der Waals surface area contributed by atoms with Crippen LogP contribution in [0.1, 0.15) is 13.8 Å². The highest BCUT2D eigenvalue weighted by Crippen LogP contribution is 1.78. The predicted octanol–water partition coefficient (Wildman–Crippen LogP) is -0.513. The molecule has 0 aliphatic carbocycles. The Bertz CT molecular complexity index is 59.8. The van der Waals surface area contributed by atoms with E-state index in [0.29, 0.717) is 0 Å². The second kappa shape index (κ2) is 5.93. The lowest BCUT2D eigenvalue weighted by Crippen LogP contribution is -2.43. The summed E-state index contributed by atoms with van der Waals surface area (Å²) in [7, 11) is 1.49. The highest BCUT2D eigenvalue weighted by atomic mass is 16.7. The molecule has 0 radical (unpaired) electrons. The van der Waals surface area contributed by atoms with E-state index in [1.165, 1.54) is 7.11 Å². The fraction of sp³-hybridized carbons (Fsp3) is 1.00. The predicted molar refractivity (Wildman–Crippen MR) is 32.6 cm³/mol. The van der Waals surface area contributed by atoms with Crippen LogP contribution in [0.3, 0.4) is 0 Å². The van der Waals surface area contributed by atoms with Crippen molar-refractivity contribution in [2.24, 2.45) is 0 Å². The first kappa shape index (κ1) is 8.80. The van der Waals surface area contributed by atoms with Crippen LogP contribution in [0.5, 0.6) is 0 Å². The Morgan fingerprint density at radius 1 is 1.22 bits per heavy atom. The fourth-order valence-corrected chi connectivity index (χ4v) is 0.219. The zero-order valence-corrected chi connectivity index (χ0v) is 5.89. The van der Waals surface area contributed by atoms with E-state index >= 15 is 0 Å². The molecule has 5 heteroatoms. The van der Waals surface area contributed by atoms with Gasteiger partial charge in [-0.05, 0) is 13.8 Å². The first-order chi connectivity index (χ1) is 4.27. The van der Waals surface area contributed by atoms with Crippen LogP contribution in [0.25, 0.3) is 0 Å². The van der Waals surface area contributed by atoms with Gasteiger partial charge in [0.2, 0.25) is 0 Å². The summed E-state index contributed by atoms with van der Waals surface area (Å²) in [5, 5.41) is 0. The molecule has 0 aromatic carbocycles. The Morgan fingerprint density at radius 3 is 2.33 bits per heavy atom. The van der Waals surface area contributed by atoms with Gasteiger partial charge >= 0.3 is 0 Å². The van der Waals surface area contributed by atoms with Crippen LogP contribution in [-0.4, -0.2) is 13.2 Å². The maximum atomic E-state index is 4.84. The van der Waals surface area contributed by atoms with Gasteiger partial charge in [0.25, 0.3) is 0 Å². The van der Waals surface area contributed by atoms with Crippen LogP contribution in [0.4, 0.5) is 0 Å². The van der Waals surface area contributed by atoms with Crippen LogP contribution in [0, 0.1) is 0 Å². The standard InChI is InChI=1S/C4H13N3O2/c1-4(2)9-7-5-6-8-3/h4-7H,1-3H3. The highest BCUT2D eigenvalue weighted by molar-refractivity contribution is 4.27. The van der Waals surface area contributed by atoms with Gasteiger partial charge in [0, 0.05) is 0 Å². The molecular formula is C4H13N3O2. The van der Waals surface area contributed by atoms with Crippen molar-refractivity contribution in [2.45, 2.75) is 20.0 Å². The van der Waals surface area contributed by atoms with Crippen molar-refractivity contribution in [3.05, 3.63) is 0 Å². The molecule has 0 aliphatic rings. The summed E-state index contributed by atoms with van der Waals surface area (Å²) in [6, 6.07) is 0. The number of rotatable bonds is 5. The monoisotopic (exact) mass is 135 g/mol. The van der Waals surface area contributed by atoms with Crippen molar-refractivity contribution in [1.29, 1.82) is 0 Å². The maximum Gasteiger partial charge on any atom is 0.0751 e. The van der Waals surface area contributed by atoms with Crippen molar-refractivity contribution in [3.8, 4) is 0 Å². The molecule has 0 rings (SSSR count). The average Bonchev–Trinajstić information content (AvgIpc) is 1.80. The van der Waals surface area contributed by atoms with Crippen LogP contribution in [0.2, 0.25) is 0 Å². The number of nitrogens with one attached hydrogen (secondary N) is 3. The molecule has 0 spiro atoms. The third kappa shape index (κ3) is 7.80. The van der Waals surface area contributed by atoms with Crippen molar-refractivity contribution in [1.82, 2.24) is 16.7 Å². The molecule has 0 aliphatic heterocycles. The van der Waals surface area contributed by atoms with Gasteiger partial charge in [-0.1, -0.05) is 0 Å². The van der Waals surface area contributed by atoms with E-state index in [2.05, 4.69) is 21.6 Å². The molecule has 0 heterocycles. The molecule has 56 valence electrons. The molecule has 0 aromatic heterocycles. The SMILES string of the molecule is CONNNOC(C)C. The van der Waals surface area contributed by atoms with Gasteiger partial charge < -0.3 is 0 Å². The molecule has 0 aromatic rings. The summed E-state index contributed by atoms with van der Waals surface area (Å²) < 4.78 is 0. The summed E-state index contributed by atoms with van der Waals surface area (Å²) in [5.74, 6) is 0. The minimum absolute atomic E-state index is 0.135. The topological polar surface area (TPSA) is 54.5 Å². The molecule has 0 saturated heterocycles. The van der Waals surface area contributed by atoms with Crippen molar-refractivity contribution >= 4 is 0 Å². The smallest absolute Gasteiger partial charge is 0.0751 e. The van der Waals surface area contributed by atoms with Gasteiger partial charge in [-0.15, -0.1) is 16.7 Å². The summed E-state index contributed by atoms with van der Waals surface area (Å²) in [5.41, 5.74) is 7.14. The average molecular weight is 135 g/mol. The Kier molecular flexibility index (Phi) is 5.80. The number of hydrogen-bond donors (Lipinski definition) is 3. The summed E-state index contributed by atoms with van der Waals surface area (Å²) in [4.78, 5) is 9.26. The molecular weight excluding hydrogens is 122 g/mol. The van der Waals surface area contributed by atoms with E-state index in [9.17, 15) is 0 Å². The molecule has 0 fully saturated rings. The Hall–Kier alpha value is -0.200. The van der Waals surface area contributed by atoms with Crippen LogP contribution in [0.15, 0.2) is 0 Å². The van der Waals surface area contributed by atoms with E-state index < -0.39 is 0 Å². The second-order valence-corrected chi connectivity index (χ2v) is 1.70. The van der Waals surface area contributed by atoms with E-state index in [4.69, 9.17) is 4.84 Å². The first-order valence-electron chi connectivity index (χ1n) is 2.71. The second-order valence-electron chi connectivity index (χ2n) is 1.70. The minimum atomic E-state index is 0.135. The lowest BCUT2D eigenvalue weighted by atomic mass is 10.5. The van der Waals surface area contributed by atoms with E-state index in [1.54, 1.807) is 0 Å². The van der Waals surface area contributed by atoms with E-state index in [1.807, 2.05) is 13.8 Å². The molecule has 0 atom stereocenters. The number of hydrogen-bond acceptors (Lipinski definition) is 5. The fourth-order valence-electron chi connectivity index (χ4n) is 0.219. The molecule has 5 nitrogen and oxygen atoms in total. The van der Waals surface area contributed by atoms with Crippen molar-refractivity contribution in [2.75, 3.05) is 7.11 Å². The van der Waals surface area contributed by atoms with Gasteiger partial charge in [-0.25, -0.2) is 0 Å². The van der Waals surface area contributed by atoms with E-state index in [0.717, 1.165) is 0 Å². The minimum Gasteiger partial charge on any atom is -0.289 e. The Balaban J connectivity index is 2.75. The molecule has 0 unspecified atom stereocenters.